The summed E-state index contributed by atoms with van der Waals surface area (Å²) in [7, 11) is 0. The molecule has 0 radical (unpaired) electrons. The fraction of sp³-hybridized carbons (Fsp3) is 0.778. The topological polar surface area (TPSA) is 78.4 Å². The molecule has 0 saturated heterocycles. The first kappa shape index (κ1) is 12.7. The lowest BCUT2D eigenvalue weighted by molar-refractivity contribution is -0.138. The molecule has 0 aliphatic heterocycles. The van der Waals surface area contributed by atoms with Crippen molar-refractivity contribution in [1.29, 1.82) is 0 Å². The molecule has 2 amide bonds. The van der Waals surface area contributed by atoms with Gasteiger partial charge in [0.2, 0.25) is 0 Å². The van der Waals surface area contributed by atoms with Gasteiger partial charge >= 0.3 is 12.0 Å². The van der Waals surface area contributed by atoms with Gasteiger partial charge in [-0.2, -0.15) is 0 Å². The van der Waals surface area contributed by atoms with Crippen LogP contribution in [0.3, 0.4) is 0 Å². The third-order valence-electron chi connectivity index (χ3n) is 1.82. The zero-order chi connectivity index (χ0) is 11.1. The second-order valence-electron chi connectivity index (χ2n) is 3.37. The number of carbonyl (C=O) groups is 2. The molecule has 0 fully saturated rings. The second kappa shape index (κ2) is 6.23. The fourth-order valence-electron chi connectivity index (χ4n) is 1.03. The van der Waals surface area contributed by atoms with Gasteiger partial charge in [0.05, 0.1) is 0 Å². The summed E-state index contributed by atoms with van der Waals surface area (Å²) in [6.07, 6.45) is 1.87. The van der Waals surface area contributed by atoms with Gasteiger partial charge in [0.1, 0.15) is 6.04 Å². The first-order valence-corrected chi connectivity index (χ1v) is 4.77. The van der Waals surface area contributed by atoms with Gasteiger partial charge in [0.25, 0.3) is 0 Å². The molecule has 0 aromatic heterocycles. The summed E-state index contributed by atoms with van der Waals surface area (Å²) in [4.78, 5) is 21.6. The van der Waals surface area contributed by atoms with Gasteiger partial charge in [-0.25, -0.2) is 4.79 Å². The molecule has 0 aromatic carbocycles. The molecule has 82 valence electrons. The number of nitrogens with one attached hydrogen (secondary N) is 2. The van der Waals surface area contributed by atoms with Crippen LogP contribution in [0.1, 0.15) is 33.6 Å². The average Bonchev–Trinajstić information content (AvgIpc) is 2.03. The number of hydrogen-bond donors (Lipinski definition) is 3. The Balaban J connectivity index is 3.80. The van der Waals surface area contributed by atoms with Gasteiger partial charge < -0.3 is 15.7 Å². The van der Waals surface area contributed by atoms with Crippen LogP contribution in [0.2, 0.25) is 0 Å². The average molecular weight is 202 g/mol. The highest BCUT2D eigenvalue weighted by molar-refractivity contribution is 5.82. The van der Waals surface area contributed by atoms with E-state index in [4.69, 9.17) is 5.11 Å². The van der Waals surface area contributed by atoms with Gasteiger partial charge in [-0.15, -0.1) is 0 Å². The van der Waals surface area contributed by atoms with E-state index in [1.165, 1.54) is 6.92 Å². The SMILES string of the molecule is CCCC(C)NC(=O)N[C@@H](C)C(=O)O. The van der Waals surface area contributed by atoms with Crippen LogP contribution in [0.5, 0.6) is 0 Å². The standard InChI is InChI=1S/C9H18N2O3/c1-4-5-6(2)10-9(14)11-7(3)8(12)13/h6-7H,4-5H2,1-3H3,(H,12,13)(H2,10,11,14)/t6?,7-/m0/s1. The minimum atomic E-state index is -1.04. The van der Waals surface area contributed by atoms with E-state index in [2.05, 4.69) is 10.6 Å². The van der Waals surface area contributed by atoms with Crippen LogP contribution in [-0.2, 0) is 4.79 Å². The molecular formula is C9H18N2O3. The molecule has 0 bridgehead atoms. The molecule has 14 heavy (non-hydrogen) atoms. The Bertz CT molecular complexity index is 206. The number of amides is 2. The van der Waals surface area contributed by atoms with Crippen LogP contribution in [-0.4, -0.2) is 29.2 Å². The van der Waals surface area contributed by atoms with Crippen molar-refractivity contribution in [2.45, 2.75) is 45.7 Å². The summed E-state index contributed by atoms with van der Waals surface area (Å²) in [5.41, 5.74) is 0. The lowest BCUT2D eigenvalue weighted by Gasteiger charge is -2.15. The van der Waals surface area contributed by atoms with Gasteiger partial charge in [-0.1, -0.05) is 13.3 Å². The number of hydrogen-bond acceptors (Lipinski definition) is 2. The molecule has 0 aliphatic rings. The Morgan fingerprint density at radius 3 is 2.29 bits per heavy atom. The molecule has 3 N–H and O–H groups in total. The van der Waals surface area contributed by atoms with Gasteiger partial charge in [-0.05, 0) is 20.3 Å². The van der Waals surface area contributed by atoms with Crippen molar-refractivity contribution < 1.29 is 14.7 Å². The van der Waals surface area contributed by atoms with E-state index in [1.54, 1.807) is 0 Å². The summed E-state index contributed by atoms with van der Waals surface area (Å²) in [5, 5.41) is 13.5. The lowest BCUT2D eigenvalue weighted by atomic mass is 10.2. The summed E-state index contributed by atoms with van der Waals surface area (Å²) in [6.45, 7) is 5.33. The van der Waals surface area contributed by atoms with Crippen molar-refractivity contribution in [3.8, 4) is 0 Å². The van der Waals surface area contributed by atoms with E-state index in [-0.39, 0.29) is 6.04 Å². The maximum Gasteiger partial charge on any atom is 0.325 e. The van der Waals surface area contributed by atoms with Gasteiger partial charge in [0.15, 0.2) is 0 Å². The van der Waals surface area contributed by atoms with Crippen LogP contribution < -0.4 is 10.6 Å². The predicted molar refractivity (Wildman–Crippen MR) is 53.1 cm³/mol. The number of carboxylic acid groups (broad SMARTS) is 1. The minimum Gasteiger partial charge on any atom is -0.480 e. The van der Waals surface area contributed by atoms with Gasteiger partial charge in [0, 0.05) is 6.04 Å². The first-order chi connectivity index (χ1) is 6.47. The molecule has 0 heterocycles. The van der Waals surface area contributed by atoms with E-state index < -0.39 is 18.0 Å². The molecule has 0 rings (SSSR count). The predicted octanol–water partition coefficient (Wildman–Crippen LogP) is 0.947. The summed E-state index contributed by atoms with van der Waals surface area (Å²) < 4.78 is 0. The number of aliphatic carboxylic acids is 1. The summed E-state index contributed by atoms with van der Waals surface area (Å²) in [6, 6.07) is -1.22. The van der Waals surface area contributed by atoms with Crippen molar-refractivity contribution >= 4 is 12.0 Å². The fourth-order valence-corrected chi connectivity index (χ4v) is 1.03. The van der Waals surface area contributed by atoms with Gasteiger partial charge in [-0.3, -0.25) is 4.79 Å². The number of carbonyl (C=O) groups excluding carboxylic acids is 1. The Morgan fingerprint density at radius 2 is 1.86 bits per heavy atom. The molecule has 1 unspecified atom stereocenters. The maximum absolute atomic E-state index is 11.2. The molecular weight excluding hydrogens is 184 g/mol. The molecule has 5 heteroatoms. The molecule has 2 atom stereocenters. The first-order valence-electron chi connectivity index (χ1n) is 4.77. The Labute approximate surface area is 83.9 Å². The highest BCUT2D eigenvalue weighted by Crippen LogP contribution is 1.94. The normalized spacial score (nSPS) is 14.2. The highest BCUT2D eigenvalue weighted by Gasteiger charge is 2.14. The molecule has 0 aromatic rings. The third-order valence-corrected chi connectivity index (χ3v) is 1.82. The minimum absolute atomic E-state index is 0.0704. The summed E-state index contributed by atoms with van der Waals surface area (Å²) >= 11 is 0. The smallest absolute Gasteiger partial charge is 0.325 e. The van der Waals surface area contributed by atoms with E-state index in [1.807, 2.05) is 13.8 Å². The van der Waals surface area contributed by atoms with Crippen LogP contribution in [0.25, 0.3) is 0 Å². The number of rotatable bonds is 5. The quantitative estimate of drug-likeness (QED) is 0.621. The highest BCUT2D eigenvalue weighted by atomic mass is 16.4. The number of carboxylic acids is 1. The van der Waals surface area contributed by atoms with Crippen molar-refractivity contribution in [1.82, 2.24) is 10.6 Å². The van der Waals surface area contributed by atoms with E-state index in [0.29, 0.717) is 0 Å². The zero-order valence-electron chi connectivity index (χ0n) is 8.83. The second-order valence-corrected chi connectivity index (χ2v) is 3.37. The van der Waals surface area contributed by atoms with Crippen molar-refractivity contribution in [2.75, 3.05) is 0 Å². The Morgan fingerprint density at radius 1 is 1.29 bits per heavy atom. The van der Waals surface area contributed by atoms with Crippen molar-refractivity contribution in [3.63, 3.8) is 0 Å². The Kier molecular flexibility index (Phi) is 5.67. The van der Waals surface area contributed by atoms with Crippen molar-refractivity contribution in [3.05, 3.63) is 0 Å². The number of urea groups is 1. The Hall–Kier alpha value is -1.26. The lowest BCUT2D eigenvalue weighted by Crippen LogP contribution is -2.47. The zero-order valence-corrected chi connectivity index (χ0v) is 8.83. The third kappa shape index (κ3) is 5.40. The molecule has 0 saturated carbocycles. The molecule has 5 nitrogen and oxygen atoms in total. The van der Waals surface area contributed by atoms with Crippen LogP contribution in [0.15, 0.2) is 0 Å². The van der Waals surface area contributed by atoms with E-state index >= 15 is 0 Å². The van der Waals surface area contributed by atoms with Crippen LogP contribution in [0, 0.1) is 0 Å². The monoisotopic (exact) mass is 202 g/mol. The summed E-state index contributed by atoms with van der Waals surface area (Å²) in [5.74, 6) is -1.04. The van der Waals surface area contributed by atoms with E-state index in [0.717, 1.165) is 12.8 Å². The van der Waals surface area contributed by atoms with Crippen molar-refractivity contribution in [2.24, 2.45) is 0 Å². The van der Waals surface area contributed by atoms with Crippen LogP contribution >= 0.6 is 0 Å². The molecule has 0 aliphatic carbocycles. The largest absolute Gasteiger partial charge is 0.480 e. The maximum atomic E-state index is 11.2. The molecule has 0 spiro atoms. The van der Waals surface area contributed by atoms with Crippen LogP contribution in [0.4, 0.5) is 4.79 Å². The van der Waals surface area contributed by atoms with E-state index in [9.17, 15) is 9.59 Å².